The van der Waals surface area contributed by atoms with Crippen LogP contribution in [0, 0.1) is 0 Å². The van der Waals surface area contributed by atoms with E-state index in [0.717, 1.165) is 23.7 Å². The maximum Gasteiger partial charge on any atom is 0.0637 e. The molecular formula is C14H23ClN2O. The average molecular weight is 271 g/mol. The summed E-state index contributed by atoms with van der Waals surface area (Å²) >= 11 is 6.29. The smallest absolute Gasteiger partial charge is 0.0637 e. The first-order chi connectivity index (χ1) is 8.61. The third-order valence-corrected chi connectivity index (χ3v) is 3.27. The van der Waals surface area contributed by atoms with Crippen LogP contribution in [0.2, 0.25) is 5.02 Å². The zero-order valence-electron chi connectivity index (χ0n) is 11.7. The molecule has 0 saturated carbocycles. The van der Waals surface area contributed by atoms with Gasteiger partial charge in [0.25, 0.3) is 0 Å². The number of methoxy groups -OCH3 is 1. The number of halogens is 1. The summed E-state index contributed by atoms with van der Waals surface area (Å²) in [4.78, 5) is 2.32. The lowest BCUT2D eigenvalue weighted by atomic mass is 10.1. The molecule has 0 aliphatic carbocycles. The quantitative estimate of drug-likeness (QED) is 0.825. The van der Waals surface area contributed by atoms with E-state index >= 15 is 0 Å². The number of hydrogen-bond donors (Lipinski definition) is 1. The Bertz CT molecular complexity index is 369. The van der Waals surface area contributed by atoms with Gasteiger partial charge in [-0.2, -0.15) is 0 Å². The van der Waals surface area contributed by atoms with Crippen LogP contribution < -0.4 is 10.2 Å². The van der Waals surface area contributed by atoms with Crippen molar-refractivity contribution >= 4 is 17.3 Å². The molecule has 0 spiro atoms. The van der Waals surface area contributed by atoms with Crippen LogP contribution in [0.5, 0.6) is 0 Å². The molecule has 0 bridgehead atoms. The Morgan fingerprint density at radius 1 is 1.39 bits per heavy atom. The second-order valence-corrected chi connectivity index (χ2v) is 4.95. The zero-order chi connectivity index (χ0) is 13.5. The molecule has 102 valence electrons. The minimum atomic E-state index is 0.411. The van der Waals surface area contributed by atoms with E-state index in [1.54, 1.807) is 7.11 Å². The SMILES string of the molecule is CNCc1c(Cl)cccc1N(CCOC)C(C)C. The van der Waals surface area contributed by atoms with Crippen molar-refractivity contribution in [3.05, 3.63) is 28.8 Å². The maximum absolute atomic E-state index is 6.29. The van der Waals surface area contributed by atoms with E-state index in [0.29, 0.717) is 12.6 Å². The summed E-state index contributed by atoms with van der Waals surface area (Å²) in [6.45, 7) is 6.71. The van der Waals surface area contributed by atoms with Crippen molar-refractivity contribution in [1.82, 2.24) is 5.32 Å². The number of nitrogens with one attached hydrogen (secondary N) is 1. The van der Waals surface area contributed by atoms with Crippen LogP contribution in [0.3, 0.4) is 0 Å². The second kappa shape index (κ2) is 7.62. The number of benzene rings is 1. The van der Waals surface area contributed by atoms with Gasteiger partial charge in [0.05, 0.1) is 6.61 Å². The molecule has 0 fully saturated rings. The summed E-state index contributed by atoms with van der Waals surface area (Å²) < 4.78 is 5.18. The maximum atomic E-state index is 6.29. The van der Waals surface area contributed by atoms with Gasteiger partial charge in [0, 0.05) is 42.5 Å². The van der Waals surface area contributed by atoms with Gasteiger partial charge in [-0.15, -0.1) is 0 Å². The van der Waals surface area contributed by atoms with Crippen LogP contribution in [0.1, 0.15) is 19.4 Å². The molecule has 0 radical (unpaired) electrons. The van der Waals surface area contributed by atoms with Crippen molar-refractivity contribution in [2.75, 3.05) is 32.2 Å². The van der Waals surface area contributed by atoms with E-state index in [1.165, 1.54) is 5.69 Å². The molecule has 0 aliphatic rings. The molecule has 0 heterocycles. The highest BCUT2D eigenvalue weighted by Gasteiger charge is 2.15. The van der Waals surface area contributed by atoms with Crippen LogP contribution in [0.15, 0.2) is 18.2 Å². The fraction of sp³-hybridized carbons (Fsp3) is 0.571. The van der Waals surface area contributed by atoms with Crippen molar-refractivity contribution in [3.63, 3.8) is 0 Å². The molecule has 1 N–H and O–H groups in total. The summed E-state index contributed by atoms with van der Waals surface area (Å²) in [5.74, 6) is 0. The Hall–Kier alpha value is -0.770. The molecule has 1 aromatic rings. The third-order valence-electron chi connectivity index (χ3n) is 2.92. The Balaban J connectivity index is 3.06. The molecule has 0 aromatic heterocycles. The van der Waals surface area contributed by atoms with Crippen molar-refractivity contribution < 1.29 is 4.74 Å². The second-order valence-electron chi connectivity index (χ2n) is 4.55. The minimum absolute atomic E-state index is 0.411. The van der Waals surface area contributed by atoms with Gasteiger partial charge in [0.15, 0.2) is 0 Å². The van der Waals surface area contributed by atoms with Gasteiger partial charge < -0.3 is 15.0 Å². The van der Waals surface area contributed by atoms with Crippen LogP contribution in [0.25, 0.3) is 0 Å². The van der Waals surface area contributed by atoms with Gasteiger partial charge in [-0.1, -0.05) is 17.7 Å². The highest BCUT2D eigenvalue weighted by molar-refractivity contribution is 6.31. The summed E-state index contributed by atoms with van der Waals surface area (Å²) in [6, 6.07) is 6.47. The van der Waals surface area contributed by atoms with E-state index in [1.807, 2.05) is 19.2 Å². The van der Waals surface area contributed by atoms with Gasteiger partial charge in [0.1, 0.15) is 0 Å². The molecule has 0 amide bonds. The van der Waals surface area contributed by atoms with Crippen molar-refractivity contribution in [1.29, 1.82) is 0 Å². The van der Waals surface area contributed by atoms with Gasteiger partial charge in [-0.05, 0) is 33.0 Å². The van der Waals surface area contributed by atoms with Crippen LogP contribution >= 0.6 is 11.6 Å². The summed E-state index contributed by atoms with van der Waals surface area (Å²) in [5.41, 5.74) is 2.33. The van der Waals surface area contributed by atoms with Crippen molar-refractivity contribution in [2.45, 2.75) is 26.4 Å². The highest BCUT2D eigenvalue weighted by Crippen LogP contribution is 2.28. The fourth-order valence-electron chi connectivity index (χ4n) is 2.01. The molecule has 0 atom stereocenters. The highest BCUT2D eigenvalue weighted by atomic mass is 35.5. The lowest BCUT2D eigenvalue weighted by molar-refractivity contribution is 0.204. The van der Waals surface area contributed by atoms with E-state index in [-0.39, 0.29) is 0 Å². The normalized spacial score (nSPS) is 11.0. The predicted molar refractivity (Wildman–Crippen MR) is 78.6 cm³/mol. The first-order valence-electron chi connectivity index (χ1n) is 6.29. The van der Waals surface area contributed by atoms with E-state index < -0.39 is 0 Å². The Kier molecular flexibility index (Phi) is 6.47. The summed E-state index contributed by atoms with van der Waals surface area (Å²) in [6.07, 6.45) is 0. The molecule has 3 nitrogen and oxygen atoms in total. The summed E-state index contributed by atoms with van der Waals surface area (Å²) in [5, 5.41) is 3.98. The Morgan fingerprint density at radius 3 is 2.67 bits per heavy atom. The Morgan fingerprint density at radius 2 is 2.11 bits per heavy atom. The number of nitrogens with zero attached hydrogens (tertiary/aromatic N) is 1. The molecule has 0 unspecified atom stereocenters. The minimum Gasteiger partial charge on any atom is -0.383 e. The third kappa shape index (κ3) is 3.87. The largest absolute Gasteiger partial charge is 0.383 e. The molecular weight excluding hydrogens is 248 g/mol. The van der Waals surface area contributed by atoms with Crippen LogP contribution in [0.4, 0.5) is 5.69 Å². The van der Waals surface area contributed by atoms with Gasteiger partial charge in [-0.3, -0.25) is 0 Å². The standard InChI is InChI=1S/C14H23ClN2O/c1-11(2)17(8-9-18-4)14-7-5-6-13(15)12(14)10-16-3/h5-7,11,16H,8-10H2,1-4H3. The van der Waals surface area contributed by atoms with Gasteiger partial charge in [-0.25, -0.2) is 0 Å². The van der Waals surface area contributed by atoms with Gasteiger partial charge >= 0.3 is 0 Å². The fourth-order valence-corrected chi connectivity index (χ4v) is 2.25. The van der Waals surface area contributed by atoms with Gasteiger partial charge in [0.2, 0.25) is 0 Å². The number of ether oxygens (including phenoxy) is 1. The molecule has 1 rings (SSSR count). The van der Waals surface area contributed by atoms with E-state index in [9.17, 15) is 0 Å². The predicted octanol–water partition coefficient (Wildman–Crippen LogP) is 2.92. The van der Waals surface area contributed by atoms with Crippen molar-refractivity contribution in [3.8, 4) is 0 Å². The molecule has 1 aromatic carbocycles. The first-order valence-corrected chi connectivity index (χ1v) is 6.67. The lowest BCUT2D eigenvalue weighted by Crippen LogP contribution is -2.35. The van der Waals surface area contributed by atoms with Crippen LogP contribution in [-0.4, -0.2) is 33.4 Å². The van der Waals surface area contributed by atoms with E-state index in [2.05, 4.69) is 30.1 Å². The molecule has 4 heteroatoms. The molecule has 18 heavy (non-hydrogen) atoms. The average Bonchev–Trinajstić information content (AvgIpc) is 2.33. The monoisotopic (exact) mass is 270 g/mol. The van der Waals surface area contributed by atoms with E-state index in [4.69, 9.17) is 16.3 Å². The Labute approximate surface area is 115 Å². The molecule has 0 aliphatic heterocycles. The van der Waals surface area contributed by atoms with Crippen LogP contribution in [-0.2, 0) is 11.3 Å². The number of rotatable bonds is 7. The topological polar surface area (TPSA) is 24.5 Å². The molecule has 0 saturated heterocycles. The lowest BCUT2D eigenvalue weighted by Gasteiger charge is -2.31. The summed E-state index contributed by atoms with van der Waals surface area (Å²) in [7, 11) is 3.66. The number of anilines is 1. The van der Waals surface area contributed by atoms with Crippen molar-refractivity contribution in [2.24, 2.45) is 0 Å². The first kappa shape index (κ1) is 15.3. The zero-order valence-corrected chi connectivity index (χ0v) is 12.4. The number of hydrogen-bond acceptors (Lipinski definition) is 3.